The molecule has 0 spiro atoms. The lowest BCUT2D eigenvalue weighted by Gasteiger charge is -1.96. The van der Waals surface area contributed by atoms with Crippen LogP contribution in [0.5, 0.6) is 0 Å². The average molecular weight is 334 g/mol. The van der Waals surface area contributed by atoms with E-state index in [4.69, 9.17) is 10.3 Å². The number of nitrogens with zero attached hydrogens (tertiary/aromatic N) is 2. The molecule has 0 aliphatic carbocycles. The zero-order valence-electron chi connectivity index (χ0n) is 10.2. The third-order valence-corrected chi connectivity index (χ3v) is 3.16. The lowest BCUT2D eigenvalue weighted by molar-refractivity contribution is 0.432. The van der Waals surface area contributed by atoms with Gasteiger partial charge in [-0.25, -0.2) is 4.39 Å². The van der Waals surface area contributed by atoms with Crippen LogP contribution in [-0.2, 0) is 0 Å². The fourth-order valence-electron chi connectivity index (χ4n) is 1.77. The summed E-state index contributed by atoms with van der Waals surface area (Å²) in [5, 5.41) is 3.89. The minimum atomic E-state index is -0.374. The standard InChI is InChI=1S/C14H9BrFN3O/c15-10-5-9(6-11(16)7-10)14-18-13(19-20-14)8-1-3-12(17)4-2-8/h1-7H,17H2. The van der Waals surface area contributed by atoms with Gasteiger partial charge in [0.1, 0.15) is 5.82 Å². The molecule has 1 heterocycles. The Morgan fingerprint density at radius 2 is 1.80 bits per heavy atom. The average Bonchev–Trinajstić information content (AvgIpc) is 2.88. The van der Waals surface area contributed by atoms with E-state index in [0.717, 1.165) is 5.56 Å². The van der Waals surface area contributed by atoms with Gasteiger partial charge in [-0.3, -0.25) is 0 Å². The molecule has 2 N–H and O–H groups in total. The predicted molar refractivity (Wildman–Crippen MR) is 77.2 cm³/mol. The van der Waals surface area contributed by atoms with Gasteiger partial charge in [0.2, 0.25) is 5.82 Å². The molecule has 0 radical (unpaired) electrons. The number of benzene rings is 2. The van der Waals surface area contributed by atoms with E-state index in [-0.39, 0.29) is 11.7 Å². The van der Waals surface area contributed by atoms with Crippen LogP contribution < -0.4 is 5.73 Å². The zero-order valence-corrected chi connectivity index (χ0v) is 11.8. The second-order valence-electron chi connectivity index (χ2n) is 4.20. The molecule has 100 valence electrons. The molecule has 0 aliphatic rings. The quantitative estimate of drug-likeness (QED) is 0.722. The number of halogens is 2. The summed E-state index contributed by atoms with van der Waals surface area (Å²) in [7, 11) is 0. The molecule has 3 rings (SSSR count). The van der Waals surface area contributed by atoms with E-state index < -0.39 is 0 Å². The van der Waals surface area contributed by atoms with Gasteiger partial charge in [0.15, 0.2) is 0 Å². The molecule has 20 heavy (non-hydrogen) atoms. The molecule has 0 saturated carbocycles. The van der Waals surface area contributed by atoms with Crippen LogP contribution in [0.1, 0.15) is 0 Å². The van der Waals surface area contributed by atoms with Crippen LogP contribution >= 0.6 is 15.9 Å². The maximum absolute atomic E-state index is 13.4. The Bertz CT molecular complexity index is 735. The zero-order chi connectivity index (χ0) is 14.1. The number of hydrogen-bond donors (Lipinski definition) is 1. The molecular formula is C14H9BrFN3O. The highest BCUT2D eigenvalue weighted by molar-refractivity contribution is 9.10. The molecule has 2 aromatic carbocycles. The van der Waals surface area contributed by atoms with Crippen molar-refractivity contribution in [1.29, 1.82) is 0 Å². The smallest absolute Gasteiger partial charge is 0.258 e. The Morgan fingerprint density at radius 3 is 2.50 bits per heavy atom. The molecule has 4 nitrogen and oxygen atoms in total. The van der Waals surface area contributed by atoms with E-state index in [1.165, 1.54) is 12.1 Å². The van der Waals surface area contributed by atoms with E-state index in [1.807, 2.05) is 0 Å². The van der Waals surface area contributed by atoms with Gasteiger partial charge in [-0.15, -0.1) is 0 Å². The van der Waals surface area contributed by atoms with Gasteiger partial charge in [0.05, 0.1) is 0 Å². The van der Waals surface area contributed by atoms with Crippen molar-refractivity contribution in [3.8, 4) is 22.8 Å². The van der Waals surface area contributed by atoms with E-state index in [2.05, 4.69) is 26.1 Å². The maximum Gasteiger partial charge on any atom is 0.258 e. The van der Waals surface area contributed by atoms with Gasteiger partial charge >= 0.3 is 0 Å². The molecule has 0 aliphatic heterocycles. The first-order valence-corrected chi connectivity index (χ1v) is 6.57. The summed E-state index contributed by atoms with van der Waals surface area (Å²) in [6, 6.07) is 11.5. The van der Waals surface area contributed by atoms with E-state index in [0.29, 0.717) is 21.5 Å². The molecular weight excluding hydrogens is 325 g/mol. The van der Waals surface area contributed by atoms with Crippen molar-refractivity contribution >= 4 is 21.6 Å². The summed E-state index contributed by atoms with van der Waals surface area (Å²) in [5.41, 5.74) is 7.58. The maximum atomic E-state index is 13.4. The Labute approximate surface area is 122 Å². The molecule has 0 atom stereocenters. The fourth-order valence-corrected chi connectivity index (χ4v) is 2.23. The number of hydrogen-bond acceptors (Lipinski definition) is 4. The highest BCUT2D eigenvalue weighted by atomic mass is 79.9. The summed E-state index contributed by atoms with van der Waals surface area (Å²) in [6.45, 7) is 0. The third kappa shape index (κ3) is 2.55. The van der Waals surface area contributed by atoms with Crippen molar-refractivity contribution in [2.45, 2.75) is 0 Å². The molecule has 0 saturated heterocycles. The lowest BCUT2D eigenvalue weighted by Crippen LogP contribution is -1.85. The first kappa shape index (κ1) is 12.8. The number of aromatic nitrogens is 2. The minimum absolute atomic E-state index is 0.261. The highest BCUT2D eigenvalue weighted by Crippen LogP contribution is 2.26. The van der Waals surface area contributed by atoms with Crippen molar-refractivity contribution in [3.05, 3.63) is 52.8 Å². The Balaban J connectivity index is 1.99. The first-order valence-electron chi connectivity index (χ1n) is 5.78. The van der Waals surface area contributed by atoms with Gasteiger partial charge < -0.3 is 10.3 Å². The van der Waals surface area contributed by atoms with Gasteiger partial charge in [-0.1, -0.05) is 21.1 Å². The van der Waals surface area contributed by atoms with E-state index >= 15 is 0 Å². The number of rotatable bonds is 2. The van der Waals surface area contributed by atoms with Crippen LogP contribution in [0.15, 0.2) is 51.5 Å². The van der Waals surface area contributed by atoms with Crippen molar-refractivity contribution in [2.24, 2.45) is 0 Å². The summed E-state index contributed by atoms with van der Waals surface area (Å²) in [6.07, 6.45) is 0. The number of nitrogens with two attached hydrogens (primary N) is 1. The van der Waals surface area contributed by atoms with Gasteiger partial charge in [-0.05, 0) is 42.5 Å². The van der Waals surface area contributed by atoms with Crippen LogP contribution in [-0.4, -0.2) is 10.1 Å². The first-order chi connectivity index (χ1) is 9.61. The topological polar surface area (TPSA) is 64.9 Å². The molecule has 0 unspecified atom stereocenters. The van der Waals surface area contributed by atoms with Crippen molar-refractivity contribution in [3.63, 3.8) is 0 Å². The van der Waals surface area contributed by atoms with Crippen LogP contribution in [0.2, 0.25) is 0 Å². The molecule has 0 amide bonds. The van der Waals surface area contributed by atoms with Crippen LogP contribution in [0.25, 0.3) is 22.8 Å². The molecule has 6 heteroatoms. The number of nitrogen functional groups attached to an aromatic ring is 1. The Hall–Kier alpha value is -2.21. The van der Waals surface area contributed by atoms with E-state index in [9.17, 15) is 4.39 Å². The van der Waals surface area contributed by atoms with Crippen molar-refractivity contribution in [1.82, 2.24) is 10.1 Å². The minimum Gasteiger partial charge on any atom is -0.399 e. The predicted octanol–water partition coefficient (Wildman–Crippen LogP) is 3.89. The van der Waals surface area contributed by atoms with Crippen molar-refractivity contribution < 1.29 is 8.91 Å². The number of anilines is 1. The van der Waals surface area contributed by atoms with Crippen molar-refractivity contribution in [2.75, 3.05) is 5.73 Å². The fraction of sp³-hybridized carbons (Fsp3) is 0. The summed E-state index contributed by atoms with van der Waals surface area (Å²) in [5.74, 6) is 0.319. The van der Waals surface area contributed by atoms with Crippen LogP contribution in [0, 0.1) is 5.82 Å². The van der Waals surface area contributed by atoms with Crippen LogP contribution in [0.4, 0.5) is 10.1 Å². The normalized spacial score (nSPS) is 10.7. The summed E-state index contributed by atoms with van der Waals surface area (Å²) < 4.78 is 19.1. The monoisotopic (exact) mass is 333 g/mol. The second kappa shape index (κ2) is 5.05. The molecule has 1 aromatic heterocycles. The molecule has 0 bridgehead atoms. The highest BCUT2D eigenvalue weighted by Gasteiger charge is 2.12. The largest absolute Gasteiger partial charge is 0.399 e. The van der Waals surface area contributed by atoms with Gasteiger partial charge in [-0.2, -0.15) is 4.98 Å². The summed E-state index contributed by atoms with van der Waals surface area (Å²) >= 11 is 3.23. The van der Waals surface area contributed by atoms with E-state index in [1.54, 1.807) is 30.3 Å². The third-order valence-electron chi connectivity index (χ3n) is 2.70. The lowest BCUT2D eigenvalue weighted by atomic mass is 10.2. The second-order valence-corrected chi connectivity index (χ2v) is 5.12. The van der Waals surface area contributed by atoms with Gasteiger partial charge in [0.25, 0.3) is 5.89 Å². The Morgan fingerprint density at radius 1 is 1.05 bits per heavy atom. The molecule has 0 fully saturated rings. The Kier molecular flexibility index (Phi) is 3.23. The molecule has 3 aromatic rings. The SMILES string of the molecule is Nc1ccc(-c2noc(-c3cc(F)cc(Br)c3)n2)cc1. The summed E-state index contributed by atoms with van der Waals surface area (Å²) in [4.78, 5) is 4.26. The van der Waals surface area contributed by atoms with Crippen LogP contribution in [0.3, 0.4) is 0 Å². The van der Waals surface area contributed by atoms with Gasteiger partial charge in [0, 0.05) is 21.3 Å².